The lowest BCUT2D eigenvalue weighted by atomic mass is 10.2. The van der Waals surface area contributed by atoms with Crippen molar-refractivity contribution in [3.8, 4) is 5.69 Å². The Labute approximate surface area is 124 Å². The van der Waals surface area contributed by atoms with Crippen molar-refractivity contribution >= 4 is 37.7 Å². The van der Waals surface area contributed by atoms with Crippen LogP contribution in [-0.2, 0) is 0 Å². The van der Waals surface area contributed by atoms with Crippen LogP contribution in [0.3, 0.4) is 0 Å². The van der Waals surface area contributed by atoms with Gasteiger partial charge < -0.3 is 4.57 Å². The summed E-state index contributed by atoms with van der Waals surface area (Å²) in [4.78, 5) is 4.24. The monoisotopic (exact) mass is 322 g/mol. The minimum Gasteiger partial charge on any atom is -0.308 e. The Kier molecular flexibility index (Phi) is 2.60. The molecular weight excluding hydrogens is 312 g/mol. The van der Waals surface area contributed by atoms with Gasteiger partial charge in [0.25, 0.3) is 0 Å². The minimum absolute atomic E-state index is 1.08. The van der Waals surface area contributed by atoms with E-state index in [1.807, 2.05) is 12.3 Å². The molecule has 0 radical (unpaired) electrons. The third-order valence-electron chi connectivity index (χ3n) is 3.54. The van der Waals surface area contributed by atoms with Crippen molar-refractivity contribution in [2.24, 2.45) is 0 Å². The van der Waals surface area contributed by atoms with Gasteiger partial charge in [0.1, 0.15) is 0 Å². The second-order valence-electron chi connectivity index (χ2n) is 4.73. The zero-order valence-electron chi connectivity index (χ0n) is 10.6. The maximum atomic E-state index is 4.24. The molecule has 0 N–H and O–H groups in total. The first-order valence-corrected chi connectivity index (χ1v) is 7.23. The minimum atomic E-state index is 1.08. The van der Waals surface area contributed by atoms with E-state index in [1.165, 1.54) is 21.8 Å². The summed E-state index contributed by atoms with van der Waals surface area (Å²) >= 11 is 3.56. The normalized spacial score (nSPS) is 11.2. The quantitative estimate of drug-likeness (QED) is 0.485. The maximum Gasteiger partial charge on any atom is 0.0645 e. The Hall–Kier alpha value is -2.13. The molecule has 0 saturated heterocycles. The molecule has 0 aliphatic carbocycles. The molecule has 0 fully saturated rings. The summed E-state index contributed by atoms with van der Waals surface area (Å²) in [6.45, 7) is 0. The Bertz CT molecular complexity index is 910. The molecule has 0 atom stereocenters. The van der Waals surface area contributed by atoms with E-state index in [-0.39, 0.29) is 0 Å². The van der Waals surface area contributed by atoms with Crippen LogP contribution in [0.15, 0.2) is 71.5 Å². The molecule has 96 valence electrons. The number of hydrogen-bond donors (Lipinski definition) is 0. The van der Waals surface area contributed by atoms with Gasteiger partial charge in [-0.3, -0.25) is 4.98 Å². The van der Waals surface area contributed by atoms with E-state index in [0.29, 0.717) is 0 Å². The summed E-state index contributed by atoms with van der Waals surface area (Å²) < 4.78 is 3.35. The van der Waals surface area contributed by atoms with E-state index in [0.717, 1.165) is 10.2 Å². The molecule has 2 nitrogen and oxygen atoms in total. The molecule has 0 aliphatic heterocycles. The van der Waals surface area contributed by atoms with Gasteiger partial charge in [0.15, 0.2) is 0 Å². The van der Waals surface area contributed by atoms with Crippen LogP contribution in [0.25, 0.3) is 27.5 Å². The van der Waals surface area contributed by atoms with Gasteiger partial charge in [0.2, 0.25) is 0 Å². The summed E-state index contributed by atoms with van der Waals surface area (Å²) in [5.41, 5.74) is 3.48. The fourth-order valence-electron chi connectivity index (χ4n) is 2.71. The molecule has 0 spiro atoms. The van der Waals surface area contributed by atoms with Gasteiger partial charge >= 0.3 is 0 Å². The Morgan fingerprint density at radius 2 is 1.70 bits per heavy atom. The zero-order valence-corrected chi connectivity index (χ0v) is 12.2. The van der Waals surface area contributed by atoms with Crippen molar-refractivity contribution in [1.82, 2.24) is 9.55 Å². The molecule has 0 aliphatic rings. The number of fused-ring (bicyclic) bond motifs is 3. The molecule has 0 bridgehead atoms. The van der Waals surface area contributed by atoms with Crippen LogP contribution in [0.2, 0.25) is 0 Å². The van der Waals surface area contributed by atoms with Gasteiger partial charge in [-0.25, -0.2) is 0 Å². The van der Waals surface area contributed by atoms with E-state index in [2.05, 4.69) is 74.0 Å². The van der Waals surface area contributed by atoms with Crippen molar-refractivity contribution in [3.05, 3.63) is 71.5 Å². The Morgan fingerprint density at radius 3 is 2.55 bits per heavy atom. The van der Waals surface area contributed by atoms with Crippen LogP contribution in [0, 0.1) is 0 Å². The van der Waals surface area contributed by atoms with Gasteiger partial charge in [-0.1, -0.05) is 34.1 Å². The lowest BCUT2D eigenvalue weighted by molar-refractivity contribution is 1.14. The van der Waals surface area contributed by atoms with E-state index in [1.54, 1.807) is 6.20 Å². The molecule has 2 heterocycles. The molecule has 0 amide bonds. The van der Waals surface area contributed by atoms with Crippen LogP contribution in [-0.4, -0.2) is 9.55 Å². The summed E-state index contributed by atoms with van der Waals surface area (Å²) in [6.07, 6.45) is 3.70. The van der Waals surface area contributed by atoms with Crippen molar-refractivity contribution < 1.29 is 0 Å². The standard InChI is InChI=1S/C17H11BrN2/c18-12-7-8-17-15(10-12)14-5-1-2-6-16(14)20(17)13-4-3-9-19-11-13/h1-11H. The van der Waals surface area contributed by atoms with Crippen molar-refractivity contribution in [2.75, 3.05) is 0 Å². The predicted octanol–water partition coefficient (Wildman–Crippen LogP) is 4.94. The van der Waals surface area contributed by atoms with Gasteiger partial charge in [0, 0.05) is 21.4 Å². The first-order valence-electron chi connectivity index (χ1n) is 6.44. The Morgan fingerprint density at radius 1 is 0.850 bits per heavy atom. The second kappa shape index (κ2) is 4.46. The molecule has 2 aromatic carbocycles. The van der Waals surface area contributed by atoms with Crippen LogP contribution in [0.4, 0.5) is 0 Å². The number of nitrogens with zero attached hydrogens (tertiary/aromatic N) is 2. The molecule has 4 aromatic rings. The average molecular weight is 323 g/mol. The lowest BCUT2D eigenvalue weighted by Gasteiger charge is -2.06. The van der Waals surface area contributed by atoms with Crippen LogP contribution >= 0.6 is 15.9 Å². The number of rotatable bonds is 1. The lowest BCUT2D eigenvalue weighted by Crippen LogP contribution is -1.93. The van der Waals surface area contributed by atoms with E-state index < -0.39 is 0 Å². The van der Waals surface area contributed by atoms with Crippen LogP contribution < -0.4 is 0 Å². The van der Waals surface area contributed by atoms with E-state index >= 15 is 0 Å². The van der Waals surface area contributed by atoms with Gasteiger partial charge in [-0.05, 0) is 36.4 Å². The molecule has 0 saturated carbocycles. The smallest absolute Gasteiger partial charge is 0.0645 e. The number of halogens is 1. The molecule has 2 aromatic heterocycles. The maximum absolute atomic E-state index is 4.24. The fraction of sp³-hybridized carbons (Fsp3) is 0. The number of hydrogen-bond acceptors (Lipinski definition) is 1. The largest absolute Gasteiger partial charge is 0.308 e. The highest BCUT2D eigenvalue weighted by Crippen LogP contribution is 2.33. The summed E-state index contributed by atoms with van der Waals surface area (Å²) in [7, 11) is 0. The Balaban J connectivity index is 2.22. The average Bonchev–Trinajstić information content (AvgIpc) is 2.82. The molecule has 20 heavy (non-hydrogen) atoms. The van der Waals surface area contributed by atoms with E-state index in [9.17, 15) is 0 Å². The SMILES string of the molecule is Brc1ccc2c(c1)c1ccccc1n2-c1cccnc1. The van der Waals surface area contributed by atoms with Crippen molar-refractivity contribution in [2.45, 2.75) is 0 Å². The number of aromatic nitrogens is 2. The summed E-state index contributed by atoms with van der Waals surface area (Å²) in [6, 6.07) is 18.9. The van der Waals surface area contributed by atoms with Gasteiger partial charge in [0.05, 0.1) is 22.9 Å². The van der Waals surface area contributed by atoms with Gasteiger partial charge in [-0.15, -0.1) is 0 Å². The van der Waals surface area contributed by atoms with Gasteiger partial charge in [-0.2, -0.15) is 0 Å². The zero-order chi connectivity index (χ0) is 13.5. The topological polar surface area (TPSA) is 17.8 Å². The second-order valence-corrected chi connectivity index (χ2v) is 5.64. The summed E-state index contributed by atoms with van der Waals surface area (Å²) in [5, 5.41) is 2.51. The highest BCUT2D eigenvalue weighted by atomic mass is 79.9. The molecule has 3 heteroatoms. The number of pyridine rings is 1. The highest BCUT2D eigenvalue weighted by molar-refractivity contribution is 9.10. The van der Waals surface area contributed by atoms with Crippen LogP contribution in [0.5, 0.6) is 0 Å². The molecule has 0 unspecified atom stereocenters. The third-order valence-corrected chi connectivity index (χ3v) is 4.03. The fourth-order valence-corrected chi connectivity index (χ4v) is 3.07. The predicted molar refractivity (Wildman–Crippen MR) is 86.3 cm³/mol. The third kappa shape index (κ3) is 1.67. The number of benzene rings is 2. The van der Waals surface area contributed by atoms with Crippen molar-refractivity contribution in [1.29, 1.82) is 0 Å². The first-order chi connectivity index (χ1) is 9.84. The highest BCUT2D eigenvalue weighted by Gasteiger charge is 2.11. The summed E-state index contributed by atoms with van der Waals surface area (Å²) in [5.74, 6) is 0. The number of para-hydroxylation sites is 1. The van der Waals surface area contributed by atoms with Crippen LogP contribution in [0.1, 0.15) is 0 Å². The first kappa shape index (κ1) is 11.7. The molecular formula is C17H11BrN2. The molecule has 4 rings (SSSR count). The van der Waals surface area contributed by atoms with Crippen molar-refractivity contribution in [3.63, 3.8) is 0 Å². The van der Waals surface area contributed by atoms with E-state index in [4.69, 9.17) is 0 Å².